The van der Waals surface area contributed by atoms with Crippen LogP contribution in [-0.2, 0) is 21.5 Å². The third kappa shape index (κ3) is 9.03. The summed E-state index contributed by atoms with van der Waals surface area (Å²) in [6.45, 7) is 7.46. The van der Waals surface area contributed by atoms with E-state index in [-0.39, 0.29) is 12.0 Å². The van der Waals surface area contributed by atoms with Crippen LogP contribution >= 0.6 is 11.6 Å². The number of carbonyl (C=O) groups excluding carboxylic acids is 2. The fourth-order valence-electron chi connectivity index (χ4n) is 4.53. The van der Waals surface area contributed by atoms with Gasteiger partial charge in [-0.15, -0.1) is 0 Å². The van der Waals surface area contributed by atoms with E-state index in [1.165, 1.54) is 0 Å². The van der Waals surface area contributed by atoms with E-state index in [1.54, 1.807) is 0 Å². The first-order valence-electron chi connectivity index (χ1n) is 12.6. The minimum atomic E-state index is -0.545. The lowest BCUT2D eigenvalue weighted by Gasteiger charge is -2.41. The minimum Gasteiger partial charge on any atom is -0.445 e. The second kappa shape index (κ2) is 13.0. The normalized spacial score (nSPS) is 19.8. The topological polar surface area (TPSA) is 88.7 Å². The van der Waals surface area contributed by atoms with Gasteiger partial charge in [0, 0.05) is 36.1 Å². The Bertz CT molecular complexity index is 986. The lowest BCUT2D eigenvalue weighted by atomic mass is 9.68. The molecule has 0 saturated heterocycles. The van der Waals surface area contributed by atoms with Gasteiger partial charge in [0.15, 0.2) is 0 Å². The number of carbonyl (C=O) groups is 2. The van der Waals surface area contributed by atoms with Gasteiger partial charge >= 0.3 is 12.2 Å². The predicted octanol–water partition coefficient (Wildman–Crippen LogP) is 5.56. The Labute approximate surface area is 219 Å². The average Bonchev–Trinajstić information content (AvgIpc) is 2.84. The van der Waals surface area contributed by atoms with Crippen molar-refractivity contribution in [3.05, 3.63) is 70.7 Å². The highest BCUT2D eigenvalue weighted by molar-refractivity contribution is 6.30. The van der Waals surface area contributed by atoms with Gasteiger partial charge < -0.3 is 25.4 Å². The number of nitrogens with one attached hydrogen (secondary N) is 3. The molecule has 1 fully saturated rings. The number of hydrogen-bond donors (Lipinski definition) is 3. The van der Waals surface area contributed by atoms with Crippen LogP contribution in [0.1, 0.15) is 57.6 Å². The van der Waals surface area contributed by atoms with Crippen molar-refractivity contribution in [2.45, 2.75) is 70.1 Å². The van der Waals surface area contributed by atoms with E-state index in [1.807, 2.05) is 69.3 Å². The molecule has 196 valence electrons. The van der Waals surface area contributed by atoms with Gasteiger partial charge in [-0.25, -0.2) is 9.59 Å². The highest BCUT2D eigenvalue weighted by atomic mass is 35.5. The van der Waals surface area contributed by atoms with Gasteiger partial charge in [-0.3, -0.25) is 0 Å². The molecule has 2 aromatic rings. The molecule has 0 aliphatic heterocycles. The molecule has 0 heterocycles. The number of rotatable bonds is 9. The molecule has 3 rings (SSSR count). The maximum absolute atomic E-state index is 12.3. The second-order valence-electron chi connectivity index (χ2n) is 10.4. The molecule has 0 bridgehead atoms. The number of benzene rings is 2. The van der Waals surface area contributed by atoms with Crippen LogP contribution < -0.4 is 16.0 Å². The molecule has 2 aromatic carbocycles. The molecule has 0 spiro atoms. The summed E-state index contributed by atoms with van der Waals surface area (Å²) in [5, 5.41) is 10.0. The first-order chi connectivity index (χ1) is 17.2. The first-order valence-corrected chi connectivity index (χ1v) is 12.9. The van der Waals surface area contributed by atoms with Crippen LogP contribution in [0.15, 0.2) is 54.6 Å². The number of halogens is 1. The van der Waals surface area contributed by atoms with Crippen molar-refractivity contribution in [2.24, 2.45) is 0 Å². The smallest absolute Gasteiger partial charge is 0.407 e. The molecule has 2 amide bonds. The van der Waals surface area contributed by atoms with Crippen LogP contribution in [0.3, 0.4) is 0 Å². The predicted molar refractivity (Wildman–Crippen MR) is 142 cm³/mol. The van der Waals surface area contributed by atoms with Crippen LogP contribution in [0.25, 0.3) is 0 Å². The molecule has 1 aliphatic rings. The Morgan fingerprint density at radius 1 is 0.972 bits per heavy atom. The van der Waals surface area contributed by atoms with E-state index >= 15 is 0 Å². The SMILES string of the molecule is CC(C)(C)OC(=O)NCC1(c2cccc(Cl)c2)CCC(NCCNC(=O)OCc2ccccc2)CC1. The second-order valence-corrected chi connectivity index (χ2v) is 10.8. The van der Waals surface area contributed by atoms with E-state index in [0.29, 0.717) is 30.7 Å². The molecule has 7 nitrogen and oxygen atoms in total. The van der Waals surface area contributed by atoms with Crippen molar-refractivity contribution in [2.75, 3.05) is 19.6 Å². The fourth-order valence-corrected chi connectivity index (χ4v) is 4.72. The molecule has 0 radical (unpaired) electrons. The molecule has 0 unspecified atom stereocenters. The van der Waals surface area contributed by atoms with Crippen LogP contribution in [0.5, 0.6) is 0 Å². The zero-order valence-corrected chi connectivity index (χ0v) is 22.2. The average molecular weight is 516 g/mol. The lowest BCUT2D eigenvalue weighted by Crippen LogP contribution is -2.48. The summed E-state index contributed by atoms with van der Waals surface area (Å²) in [4.78, 5) is 24.3. The molecule has 1 aliphatic carbocycles. The summed E-state index contributed by atoms with van der Waals surface area (Å²) >= 11 is 6.30. The molecule has 1 saturated carbocycles. The van der Waals surface area contributed by atoms with Crippen LogP contribution in [0.4, 0.5) is 9.59 Å². The van der Waals surface area contributed by atoms with E-state index in [0.717, 1.165) is 36.8 Å². The number of alkyl carbamates (subject to hydrolysis) is 2. The molecular formula is C28H38ClN3O4. The van der Waals surface area contributed by atoms with E-state index in [2.05, 4.69) is 22.0 Å². The van der Waals surface area contributed by atoms with Gasteiger partial charge in [0.1, 0.15) is 12.2 Å². The Hall–Kier alpha value is -2.77. The Morgan fingerprint density at radius 2 is 1.69 bits per heavy atom. The Morgan fingerprint density at radius 3 is 2.36 bits per heavy atom. The van der Waals surface area contributed by atoms with Crippen LogP contribution in [0.2, 0.25) is 5.02 Å². The zero-order valence-electron chi connectivity index (χ0n) is 21.4. The molecule has 0 aromatic heterocycles. The fraction of sp³-hybridized carbons (Fsp3) is 0.500. The van der Waals surface area contributed by atoms with Crippen molar-refractivity contribution in [1.29, 1.82) is 0 Å². The quantitative estimate of drug-likeness (QED) is 0.380. The van der Waals surface area contributed by atoms with Crippen molar-refractivity contribution >= 4 is 23.8 Å². The molecular weight excluding hydrogens is 478 g/mol. The summed E-state index contributed by atoms with van der Waals surface area (Å²) in [6.07, 6.45) is 2.86. The van der Waals surface area contributed by atoms with Gasteiger partial charge in [0.05, 0.1) is 0 Å². The summed E-state index contributed by atoms with van der Waals surface area (Å²) in [5.41, 5.74) is 1.33. The summed E-state index contributed by atoms with van der Waals surface area (Å²) in [6, 6.07) is 17.8. The van der Waals surface area contributed by atoms with Gasteiger partial charge in [0.2, 0.25) is 0 Å². The number of ether oxygens (including phenoxy) is 2. The summed E-state index contributed by atoms with van der Waals surface area (Å²) < 4.78 is 10.7. The monoisotopic (exact) mass is 515 g/mol. The third-order valence-corrected chi connectivity index (χ3v) is 6.62. The number of hydrogen-bond acceptors (Lipinski definition) is 5. The minimum absolute atomic E-state index is 0.209. The van der Waals surface area contributed by atoms with E-state index in [9.17, 15) is 9.59 Å². The lowest BCUT2D eigenvalue weighted by molar-refractivity contribution is 0.0505. The maximum Gasteiger partial charge on any atom is 0.407 e. The van der Waals surface area contributed by atoms with Gasteiger partial charge in [0.25, 0.3) is 0 Å². The van der Waals surface area contributed by atoms with Crippen LogP contribution in [-0.4, -0.2) is 43.5 Å². The van der Waals surface area contributed by atoms with Gasteiger partial charge in [-0.2, -0.15) is 0 Å². The van der Waals surface area contributed by atoms with Crippen LogP contribution in [0, 0.1) is 0 Å². The van der Waals surface area contributed by atoms with E-state index in [4.69, 9.17) is 21.1 Å². The highest BCUT2D eigenvalue weighted by Crippen LogP contribution is 2.40. The standard InChI is InChI=1S/C28H38ClN3O4/c1-27(2,3)36-26(34)32-20-28(22-10-7-11-23(29)18-22)14-12-24(13-15-28)30-16-17-31-25(33)35-19-21-8-5-4-6-9-21/h4-11,18,24,30H,12-17,19-20H2,1-3H3,(H,31,33)(H,32,34). The molecule has 3 N–H and O–H groups in total. The zero-order chi connectivity index (χ0) is 26.0. The number of amides is 2. The molecule has 36 heavy (non-hydrogen) atoms. The van der Waals surface area contributed by atoms with Gasteiger partial charge in [-0.05, 0) is 69.7 Å². The largest absolute Gasteiger partial charge is 0.445 e. The first kappa shape index (κ1) is 27.8. The third-order valence-electron chi connectivity index (χ3n) is 6.39. The van der Waals surface area contributed by atoms with Gasteiger partial charge in [-0.1, -0.05) is 54.1 Å². The Balaban J connectivity index is 1.45. The molecule has 8 heteroatoms. The maximum atomic E-state index is 12.3. The Kier molecular flexibility index (Phi) is 10.0. The summed E-state index contributed by atoms with van der Waals surface area (Å²) in [5.74, 6) is 0. The van der Waals surface area contributed by atoms with Crippen molar-refractivity contribution < 1.29 is 19.1 Å². The van der Waals surface area contributed by atoms with Crippen molar-refractivity contribution in [3.8, 4) is 0 Å². The van der Waals surface area contributed by atoms with Crippen molar-refractivity contribution in [3.63, 3.8) is 0 Å². The highest BCUT2D eigenvalue weighted by Gasteiger charge is 2.37. The molecule has 0 atom stereocenters. The van der Waals surface area contributed by atoms with Crippen molar-refractivity contribution in [1.82, 2.24) is 16.0 Å². The van der Waals surface area contributed by atoms with E-state index < -0.39 is 17.8 Å². The summed E-state index contributed by atoms with van der Waals surface area (Å²) in [7, 11) is 0.